The van der Waals surface area contributed by atoms with Crippen molar-refractivity contribution in [3.8, 4) is 0 Å². The van der Waals surface area contributed by atoms with Crippen molar-refractivity contribution in [2.75, 3.05) is 18.4 Å². The van der Waals surface area contributed by atoms with E-state index in [0.29, 0.717) is 31.6 Å². The number of halogens is 3. The number of aryl methyl sites for hydroxylation is 1. The Morgan fingerprint density at radius 3 is 2.48 bits per heavy atom. The summed E-state index contributed by atoms with van der Waals surface area (Å²) in [6, 6.07) is 3.83. The first-order valence-electron chi connectivity index (χ1n) is 6.76. The molecule has 1 fully saturated rings. The average molecular weight is 301 g/mol. The summed E-state index contributed by atoms with van der Waals surface area (Å²) in [7, 11) is 0. The van der Waals surface area contributed by atoms with Gasteiger partial charge in [0, 0.05) is 24.8 Å². The molecule has 1 saturated heterocycles. The predicted molar refractivity (Wildman–Crippen MR) is 74.0 cm³/mol. The van der Waals surface area contributed by atoms with Gasteiger partial charge in [0.2, 0.25) is 0 Å². The fourth-order valence-corrected chi connectivity index (χ4v) is 2.50. The molecule has 3 N–H and O–H groups in total. The van der Waals surface area contributed by atoms with Gasteiger partial charge in [-0.25, -0.2) is 4.79 Å². The van der Waals surface area contributed by atoms with E-state index in [1.807, 2.05) is 0 Å². The second-order valence-electron chi connectivity index (χ2n) is 5.27. The highest BCUT2D eigenvalue weighted by Gasteiger charge is 2.32. The van der Waals surface area contributed by atoms with Crippen LogP contribution in [0.25, 0.3) is 0 Å². The van der Waals surface area contributed by atoms with Crippen LogP contribution >= 0.6 is 0 Å². The van der Waals surface area contributed by atoms with Crippen LogP contribution in [0.4, 0.5) is 23.7 Å². The number of hydrogen-bond donors (Lipinski definition) is 2. The maximum Gasteiger partial charge on any atom is 0.416 e. The van der Waals surface area contributed by atoms with E-state index < -0.39 is 17.8 Å². The number of nitrogens with two attached hydrogens (primary N) is 1. The number of anilines is 1. The van der Waals surface area contributed by atoms with Crippen LogP contribution in [0.3, 0.4) is 0 Å². The highest BCUT2D eigenvalue weighted by atomic mass is 19.4. The third-order valence-corrected chi connectivity index (χ3v) is 3.72. The van der Waals surface area contributed by atoms with E-state index in [1.165, 1.54) is 17.9 Å². The molecular weight excluding hydrogens is 283 g/mol. The van der Waals surface area contributed by atoms with E-state index in [0.717, 1.165) is 6.07 Å². The molecule has 1 aliphatic heterocycles. The van der Waals surface area contributed by atoms with Gasteiger partial charge >= 0.3 is 12.2 Å². The summed E-state index contributed by atoms with van der Waals surface area (Å²) in [4.78, 5) is 12.6. The molecule has 0 unspecified atom stereocenters. The van der Waals surface area contributed by atoms with Crippen molar-refractivity contribution in [2.45, 2.75) is 32.0 Å². The van der Waals surface area contributed by atoms with Crippen LogP contribution in [-0.2, 0) is 6.18 Å². The normalized spacial score (nSPS) is 16.9. The van der Waals surface area contributed by atoms with Gasteiger partial charge in [-0.15, -0.1) is 0 Å². The molecule has 0 bridgehead atoms. The van der Waals surface area contributed by atoms with Gasteiger partial charge in [-0.1, -0.05) is 6.07 Å². The van der Waals surface area contributed by atoms with Gasteiger partial charge in [0.05, 0.1) is 5.56 Å². The fraction of sp³-hybridized carbons (Fsp3) is 0.500. The standard InChI is InChI=1S/C14H18F3N3O/c1-9-2-3-11(8-12(9)14(15,16)17)19-10-4-6-20(7-5-10)13(18)21/h2-3,8,10,19H,4-7H2,1H3,(H2,18,21). The molecule has 0 aliphatic carbocycles. The molecule has 0 saturated carbocycles. The largest absolute Gasteiger partial charge is 0.416 e. The molecule has 4 nitrogen and oxygen atoms in total. The molecule has 1 aromatic carbocycles. The van der Waals surface area contributed by atoms with Crippen molar-refractivity contribution in [3.63, 3.8) is 0 Å². The lowest BCUT2D eigenvalue weighted by Crippen LogP contribution is -2.44. The summed E-state index contributed by atoms with van der Waals surface area (Å²) in [6.45, 7) is 2.48. The Bertz CT molecular complexity index is 523. The van der Waals surface area contributed by atoms with E-state index in [1.54, 1.807) is 6.07 Å². The van der Waals surface area contributed by atoms with E-state index in [9.17, 15) is 18.0 Å². The zero-order valence-electron chi connectivity index (χ0n) is 11.7. The lowest BCUT2D eigenvalue weighted by atomic mass is 10.0. The molecule has 0 radical (unpaired) electrons. The molecule has 1 aromatic rings. The molecule has 1 heterocycles. The zero-order chi connectivity index (χ0) is 15.6. The SMILES string of the molecule is Cc1ccc(NC2CCN(C(N)=O)CC2)cc1C(F)(F)F. The number of likely N-dealkylation sites (tertiary alicyclic amines) is 1. The Kier molecular flexibility index (Phi) is 4.29. The summed E-state index contributed by atoms with van der Waals surface area (Å²) in [5, 5.41) is 3.10. The first kappa shape index (κ1) is 15.5. The number of carbonyl (C=O) groups excluding carboxylic acids is 1. The maximum atomic E-state index is 12.9. The van der Waals surface area contributed by atoms with Crippen molar-refractivity contribution in [1.82, 2.24) is 4.90 Å². The molecule has 2 amide bonds. The number of hydrogen-bond acceptors (Lipinski definition) is 2. The summed E-state index contributed by atoms with van der Waals surface area (Å²) >= 11 is 0. The Labute approximate surface area is 121 Å². The Morgan fingerprint density at radius 2 is 1.95 bits per heavy atom. The van der Waals surface area contributed by atoms with Crippen LogP contribution in [-0.4, -0.2) is 30.1 Å². The first-order chi connectivity index (χ1) is 9.77. The second kappa shape index (κ2) is 5.83. The van der Waals surface area contributed by atoms with Crippen LogP contribution in [0.15, 0.2) is 18.2 Å². The second-order valence-corrected chi connectivity index (χ2v) is 5.27. The van der Waals surface area contributed by atoms with Gasteiger partial charge < -0.3 is 16.0 Å². The lowest BCUT2D eigenvalue weighted by molar-refractivity contribution is -0.138. The number of urea groups is 1. The van der Waals surface area contributed by atoms with Gasteiger partial charge in [-0.05, 0) is 37.5 Å². The minimum absolute atomic E-state index is 0.0457. The lowest BCUT2D eigenvalue weighted by Gasteiger charge is -2.31. The smallest absolute Gasteiger partial charge is 0.382 e. The Hall–Kier alpha value is -1.92. The van der Waals surface area contributed by atoms with Crippen molar-refractivity contribution >= 4 is 11.7 Å². The van der Waals surface area contributed by atoms with Crippen molar-refractivity contribution in [2.24, 2.45) is 5.73 Å². The number of rotatable bonds is 2. The number of amides is 2. The van der Waals surface area contributed by atoms with Crippen molar-refractivity contribution < 1.29 is 18.0 Å². The maximum absolute atomic E-state index is 12.9. The van der Waals surface area contributed by atoms with Gasteiger partial charge in [-0.2, -0.15) is 13.2 Å². The Morgan fingerprint density at radius 1 is 1.33 bits per heavy atom. The highest BCUT2D eigenvalue weighted by molar-refractivity contribution is 5.72. The van der Waals surface area contributed by atoms with E-state index in [2.05, 4.69) is 5.32 Å². The molecule has 116 valence electrons. The summed E-state index contributed by atoms with van der Waals surface area (Å²) in [5.74, 6) is 0. The molecule has 2 rings (SSSR count). The number of piperidine rings is 1. The van der Waals surface area contributed by atoms with Gasteiger partial charge in [0.25, 0.3) is 0 Å². The monoisotopic (exact) mass is 301 g/mol. The van der Waals surface area contributed by atoms with Gasteiger partial charge in [0.1, 0.15) is 0 Å². The number of nitrogens with zero attached hydrogens (tertiary/aromatic N) is 1. The molecule has 1 aliphatic rings. The molecule has 0 atom stereocenters. The third-order valence-electron chi connectivity index (χ3n) is 3.72. The molecular formula is C14H18F3N3O. The van der Waals surface area contributed by atoms with E-state index in [4.69, 9.17) is 5.73 Å². The van der Waals surface area contributed by atoms with E-state index >= 15 is 0 Å². The van der Waals surface area contributed by atoms with Crippen LogP contribution < -0.4 is 11.1 Å². The van der Waals surface area contributed by atoms with Crippen molar-refractivity contribution in [1.29, 1.82) is 0 Å². The van der Waals surface area contributed by atoms with Gasteiger partial charge in [0.15, 0.2) is 0 Å². The third kappa shape index (κ3) is 3.80. The van der Waals surface area contributed by atoms with Gasteiger partial charge in [-0.3, -0.25) is 0 Å². The van der Waals surface area contributed by atoms with Crippen LogP contribution in [0, 0.1) is 6.92 Å². The predicted octanol–water partition coefficient (Wildman–Crippen LogP) is 2.97. The molecule has 0 spiro atoms. The number of primary amides is 1. The zero-order valence-corrected chi connectivity index (χ0v) is 11.7. The van der Waals surface area contributed by atoms with Crippen molar-refractivity contribution in [3.05, 3.63) is 29.3 Å². The first-order valence-corrected chi connectivity index (χ1v) is 6.76. The number of benzene rings is 1. The fourth-order valence-electron chi connectivity index (χ4n) is 2.50. The average Bonchev–Trinajstić information content (AvgIpc) is 2.40. The molecule has 21 heavy (non-hydrogen) atoms. The highest BCUT2D eigenvalue weighted by Crippen LogP contribution is 2.33. The topological polar surface area (TPSA) is 58.4 Å². The molecule has 7 heteroatoms. The minimum atomic E-state index is -4.35. The quantitative estimate of drug-likeness (QED) is 0.882. The summed E-state index contributed by atoms with van der Waals surface area (Å²) in [6.07, 6.45) is -3.02. The number of alkyl halides is 3. The minimum Gasteiger partial charge on any atom is -0.382 e. The number of carbonyl (C=O) groups is 1. The van der Waals surface area contributed by atoms with Crippen LogP contribution in [0.1, 0.15) is 24.0 Å². The summed E-state index contributed by atoms with van der Waals surface area (Å²) in [5.41, 5.74) is 5.22. The molecule has 0 aromatic heterocycles. The van der Waals surface area contributed by atoms with E-state index in [-0.39, 0.29) is 11.6 Å². The van der Waals surface area contributed by atoms with Crippen LogP contribution in [0.2, 0.25) is 0 Å². The number of nitrogens with one attached hydrogen (secondary N) is 1. The summed E-state index contributed by atoms with van der Waals surface area (Å²) < 4.78 is 38.6. The Balaban J connectivity index is 2.03. The van der Waals surface area contributed by atoms with Crippen LogP contribution in [0.5, 0.6) is 0 Å².